The Balaban J connectivity index is 1.80. The fourth-order valence-corrected chi connectivity index (χ4v) is 3.09. The first-order valence-electron chi connectivity index (χ1n) is 6.95. The lowest BCUT2D eigenvalue weighted by Crippen LogP contribution is -2.48. The molecule has 1 saturated heterocycles. The molecule has 2 heterocycles. The normalized spacial score (nSPS) is 21.3. The highest BCUT2D eigenvalue weighted by molar-refractivity contribution is 6.07. The minimum absolute atomic E-state index is 0.0995. The molecule has 3 N–H and O–H groups in total. The van der Waals surface area contributed by atoms with Crippen LogP contribution in [-0.4, -0.2) is 27.4 Å². The molecule has 106 valence electrons. The van der Waals surface area contributed by atoms with Gasteiger partial charge in [0.1, 0.15) is 11.4 Å². The second-order valence-corrected chi connectivity index (χ2v) is 5.55. The van der Waals surface area contributed by atoms with Crippen LogP contribution < -0.4 is 11.1 Å². The summed E-state index contributed by atoms with van der Waals surface area (Å²) in [7, 11) is 0. The molecule has 1 aromatic heterocycles. The zero-order chi connectivity index (χ0) is 14.2. The van der Waals surface area contributed by atoms with E-state index in [0.29, 0.717) is 5.82 Å². The van der Waals surface area contributed by atoms with Crippen molar-refractivity contribution in [3.8, 4) is 0 Å². The number of nitrogens with zero attached hydrogens (tertiary/aromatic N) is 2. The number of carbonyl (C=O) groups excluding carboxylic acids is 2. The first-order valence-corrected chi connectivity index (χ1v) is 6.95. The second-order valence-electron chi connectivity index (χ2n) is 5.55. The first kappa shape index (κ1) is 12.9. The molecule has 2 fully saturated rings. The number of hydrogen-bond acceptors (Lipinski definition) is 4. The Labute approximate surface area is 117 Å². The molecule has 1 saturated carbocycles. The number of carbonyl (C=O) groups is 2. The van der Waals surface area contributed by atoms with E-state index in [1.54, 1.807) is 18.3 Å². The van der Waals surface area contributed by atoms with Crippen molar-refractivity contribution in [3.05, 3.63) is 23.9 Å². The number of nitrogens with one attached hydrogen (secondary N) is 1. The minimum atomic E-state index is -0.659. The van der Waals surface area contributed by atoms with Crippen LogP contribution in [0.25, 0.3) is 0 Å². The molecule has 1 spiro atoms. The Bertz CT molecular complexity index is 552. The molecule has 3 rings (SSSR count). The average molecular weight is 274 g/mol. The second kappa shape index (κ2) is 4.77. The molecule has 0 unspecified atom stereocenters. The molecule has 0 atom stereocenters. The van der Waals surface area contributed by atoms with Gasteiger partial charge in [-0.15, -0.1) is 0 Å². The van der Waals surface area contributed by atoms with Crippen molar-refractivity contribution in [2.24, 2.45) is 0 Å². The molecule has 0 bridgehead atoms. The molecule has 1 aromatic rings. The fraction of sp³-hybridized carbons (Fsp3) is 0.500. The Morgan fingerprint density at radius 3 is 2.75 bits per heavy atom. The average Bonchev–Trinajstić information content (AvgIpc) is 2.64. The molecule has 0 aromatic carbocycles. The summed E-state index contributed by atoms with van der Waals surface area (Å²) in [6.07, 6.45) is 6.18. The Morgan fingerprint density at radius 2 is 2.05 bits per heavy atom. The Hall–Kier alpha value is -2.11. The zero-order valence-corrected chi connectivity index (χ0v) is 11.3. The number of urea groups is 1. The quantitative estimate of drug-likeness (QED) is 0.798. The van der Waals surface area contributed by atoms with E-state index in [-0.39, 0.29) is 18.5 Å². The summed E-state index contributed by atoms with van der Waals surface area (Å²) in [6.45, 7) is 0.249. The van der Waals surface area contributed by atoms with E-state index in [4.69, 9.17) is 5.73 Å². The summed E-state index contributed by atoms with van der Waals surface area (Å²) < 4.78 is 0. The molecule has 6 heteroatoms. The highest BCUT2D eigenvalue weighted by Crippen LogP contribution is 2.34. The van der Waals surface area contributed by atoms with Gasteiger partial charge in [0, 0.05) is 6.20 Å². The van der Waals surface area contributed by atoms with Crippen LogP contribution in [0.2, 0.25) is 0 Å². The molecular weight excluding hydrogens is 256 g/mol. The van der Waals surface area contributed by atoms with Gasteiger partial charge in [0.25, 0.3) is 5.91 Å². The number of amides is 3. The van der Waals surface area contributed by atoms with Gasteiger partial charge in [0.15, 0.2) is 0 Å². The standard InChI is InChI=1S/C14H18N4O2/c15-11-8-10(4-7-16-11)9-18-12(19)14(17-13(18)20)5-2-1-3-6-14/h4,7-8H,1-3,5-6,9H2,(H2,15,16)(H,17,20). The van der Waals surface area contributed by atoms with E-state index in [9.17, 15) is 9.59 Å². The first-order chi connectivity index (χ1) is 9.61. The van der Waals surface area contributed by atoms with Crippen molar-refractivity contribution in [1.82, 2.24) is 15.2 Å². The number of imide groups is 1. The molecular formula is C14H18N4O2. The van der Waals surface area contributed by atoms with Crippen LogP contribution in [0.15, 0.2) is 18.3 Å². The van der Waals surface area contributed by atoms with Crippen molar-refractivity contribution in [3.63, 3.8) is 0 Å². The van der Waals surface area contributed by atoms with Crippen LogP contribution >= 0.6 is 0 Å². The van der Waals surface area contributed by atoms with E-state index in [1.165, 1.54) is 4.90 Å². The van der Waals surface area contributed by atoms with Crippen molar-refractivity contribution >= 4 is 17.8 Å². The van der Waals surface area contributed by atoms with Crippen LogP contribution in [0.5, 0.6) is 0 Å². The van der Waals surface area contributed by atoms with Gasteiger partial charge >= 0.3 is 6.03 Å². The van der Waals surface area contributed by atoms with Crippen molar-refractivity contribution in [1.29, 1.82) is 0 Å². The Kier molecular flexibility index (Phi) is 3.08. The zero-order valence-electron chi connectivity index (χ0n) is 11.3. The smallest absolute Gasteiger partial charge is 0.325 e. The van der Waals surface area contributed by atoms with Gasteiger partial charge in [-0.2, -0.15) is 0 Å². The van der Waals surface area contributed by atoms with Gasteiger partial charge in [0.05, 0.1) is 6.54 Å². The van der Waals surface area contributed by atoms with Crippen LogP contribution in [0.3, 0.4) is 0 Å². The van der Waals surface area contributed by atoms with Crippen LogP contribution in [0.1, 0.15) is 37.7 Å². The predicted molar refractivity (Wildman–Crippen MR) is 73.5 cm³/mol. The number of rotatable bonds is 2. The number of anilines is 1. The van der Waals surface area contributed by atoms with Gasteiger partial charge < -0.3 is 11.1 Å². The lowest BCUT2D eigenvalue weighted by molar-refractivity contribution is -0.132. The maximum Gasteiger partial charge on any atom is 0.325 e. The van der Waals surface area contributed by atoms with Gasteiger partial charge in [-0.1, -0.05) is 19.3 Å². The summed E-state index contributed by atoms with van der Waals surface area (Å²) in [4.78, 5) is 29.9. The summed E-state index contributed by atoms with van der Waals surface area (Å²) in [5.41, 5.74) is 5.78. The minimum Gasteiger partial charge on any atom is -0.384 e. The summed E-state index contributed by atoms with van der Waals surface area (Å²) in [5, 5.41) is 2.89. The van der Waals surface area contributed by atoms with E-state index in [2.05, 4.69) is 10.3 Å². The molecule has 2 aliphatic rings. The van der Waals surface area contributed by atoms with E-state index in [1.807, 2.05) is 0 Å². The summed E-state index contributed by atoms with van der Waals surface area (Å²) in [5.74, 6) is 0.291. The van der Waals surface area contributed by atoms with E-state index in [0.717, 1.165) is 37.7 Å². The number of aromatic nitrogens is 1. The van der Waals surface area contributed by atoms with Gasteiger partial charge in [-0.3, -0.25) is 9.69 Å². The number of nitrogens with two attached hydrogens (primary N) is 1. The van der Waals surface area contributed by atoms with Crippen molar-refractivity contribution in [2.45, 2.75) is 44.2 Å². The molecule has 6 nitrogen and oxygen atoms in total. The highest BCUT2D eigenvalue weighted by atomic mass is 16.2. The SMILES string of the molecule is Nc1cc(CN2C(=O)NC3(CCCCC3)C2=O)ccn1. The van der Waals surface area contributed by atoms with E-state index < -0.39 is 5.54 Å². The molecule has 20 heavy (non-hydrogen) atoms. The van der Waals surface area contributed by atoms with Crippen LogP contribution in [0, 0.1) is 0 Å². The topological polar surface area (TPSA) is 88.3 Å². The Morgan fingerprint density at radius 1 is 1.30 bits per heavy atom. The molecule has 1 aliphatic heterocycles. The molecule has 3 amide bonds. The summed E-state index contributed by atoms with van der Waals surface area (Å²) >= 11 is 0. The van der Waals surface area contributed by atoms with Gasteiger partial charge in [-0.05, 0) is 30.5 Å². The van der Waals surface area contributed by atoms with Gasteiger partial charge in [-0.25, -0.2) is 9.78 Å². The fourth-order valence-electron chi connectivity index (χ4n) is 3.09. The number of hydrogen-bond donors (Lipinski definition) is 2. The predicted octanol–water partition coefficient (Wildman–Crippen LogP) is 1.42. The van der Waals surface area contributed by atoms with E-state index >= 15 is 0 Å². The van der Waals surface area contributed by atoms with Crippen molar-refractivity contribution in [2.75, 3.05) is 5.73 Å². The number of pyridine rings is 1. The summed E-state index contributed by atoms with van der Waals surface area (Å²) in [6, 6.07) is 3.15. The third kappa shape index (κ3) is 2.11. The van der Waals surface area contributed by atoms with Crippen LogP contribution in [-0.2, 0) is 11.3 Å². The number of nitrogen functional groups attached to an aromatic ring is 1. The molecule has 1 aliphatic carbocycles. The highest BCUT2D eigenvalue weighted by Gasteiger charge is 2.51. The maximum atomic E-state index is 12.6. The lowest BCUT2D eigenvalue weighted by Gasteiger charge is -2.30. The lowest BCUT2D eigenvalue weighted by atomic mass is 9.82. The third-order valence-electron chi connectivity index (χ3n) is 4.14. The molecule has 0 radical (unpaired) electrons. The van der Waals surface area contributed by atoms with Crippen LogP contribution in [0.4, 0.5) is 10.6 Å². The monoisotopic (exact) mass is 274 g/mol. The van der Waals surface area contributed by atoms with Crippen molar-refractivity contribution < 1.29 is 9.59 Å². The third-order valence-corrected chi connectivity index (χ3v) is 4.14. The maximum absolute atomic E-state index is 12.6. The van der Waals surface area contributed by atoms with Gasteiger partial charge in [0.2, 0.25) is 0 Å². The largest absolute Gasteiger partial charge is 0.384 e.